The minimum Gasteiger partial charge on any atom is -0.339 e. The Kier molecular flexibility index (Phi) is 4.72. The number of likely N-dealkylation sites (N-methyl/N-ethyl adjacent to an activating group) is 1. The third-order valence-corrected chi connectivity index (χ3v) is 3.75. The molecule has 0 bridgehead atoms. The van der Waals surface area contributed by atoms with Gasteiger partial charge >= 0.3 is 0 Å². The highest BCUT2D eigenvalue weighted by molar-refractivity contribution is 4.97. The summed E-state index contributed by atoms with van der Waals surface area (Å²) in [6, 6.07) is 0.664. The number of hydrogen-bond donors (Lipinski definition) is 1. The summed E-state index contributed by atoms with van der Waals surface area (Å²) in [5.74, 6) is 2.16. The van der Waals surface area contributed by atoms with Gasteiger partial charge in [0.2, 0.25) is 5.89 Å². The van der Waals surface area contributed by atoms with Gasteiger partial charge < -0.3 is 14.7 Å². The highest BCUT2D eigenvalue weighted by atomic mass is 16.5. The molecule has 0 spiro atoms. The first-order valence-electron chi connectivity index (χ1n) is 6.83. The largest absolute Gasteiger partial charge is 0.339 e. The van der Waals surface area contributed by atoms with Crippen LogP contribution < -0.4 is 5.32 Å². The van der Waals surface area contributed by atoms with Crippen molar-refractivity contribution >= 4 is 0 Å². The van der Waals surface area contributed by atoms with Crippen molar-refractivity contribution in [2.24, 2.45) is 0 Å². The van der Waals surface area contributed by atoms with Crippen molar-refractivity contribution in [2.45, 2.75) is 44.1 Å². The third-order valence-electron chi connectivity index (χ3n) is 3.75. The molecule has 0 atom stereocenters. The van der Waals surface area contributed by atoms with Crippen LogP contribution in [0, 0.1) is 0 Å². The minimum absolute atomic E-state index is 0.468. The Labute approximate surface area is 109 Å². The number of nitrogens with zero attached hydrogens (tertiary/aromatic N) is 3. The van der Waals surface area contributed by atoms with E-state index in [0.29, 0.717) is 12.0 Å². The molecule has 0 radical (unpaired) electrons. The number of hydrogen-bond acceptors (Lipinski definition) is 5. The summed E-state index contributed by atoms with van der Waals surface area (Å²) < 4.78 is 5.41. The molecule has 1 fully saturated rings. The Morgan fingerprint density at radius 3 is 2.61 bits per heavy atom. The Bertz CT molecular complexity index is 356. The van der Waals surface area contributed by atoms with E-state index in [4.69, 9.17) is 4.52 Å². The molecule has 1 N–H and O–H groups in total. The Hall–Kier alpha value is -0.940. The van der Waals surface area contributed by atoms with Gasteiger partial charge in [-0.3, -0.25) is 0 Å². The third kappa shape index (κ3) is 3.53. The molecule has 0 aromatic carbocycles. The predicted octanol–water partition coefficient (Wildman–Crippen LogP) is 1.42. The second-order valence-electron chi connectivity index (χ2n) is 5.44. The monoisotopic (exact) mass is 252 g/mol. The zero-order valence-corrected chi connectivity index (χ0v) is 11.6. The lowest BCUT2D eigenvalue weighted by Crippen LogP contribution is -2.29. The highest BCUT2D eigenvalue weighted by Crippen LogP contribution is 2.31. The average Bonchev–Trinajstić information content (AvgIpc) is 2.85. The number of rotatable bonds is 5. The lowest BCUT2D eigenvalue weighted by Gasteiger charge is -2.25. The van der Waals surface area contributed by atoms with Gasteiger partial charge in [-0.1, -0.05) is 5.16 Å². The van der Waals surface area contributed by atoms with Crippen molar-refractivity contribution in [3.63, 3.8) is 0 Å². The summed E-state index contributed by atoms with van der Waals surface area (Å²) in [7, 11) is 6.15. The first kappa shape index (κ1) is 13.5. The topological polar surface area (TPSA) is 54.2 Å². The molecule has 1 aromatic heterocycles. The van der Waals surface area contributed by atoms with Gasteiger partial charge in [0.25, 0.3) is 0 Å². The van der Waals surface area contributed by atoms with Crippen LogP contribution in [0.2, 0.25) is 0 Å². The zero-order valence-electron chi connectivity index (χ0n) is 11.6. The average molecular weight is 252 g/mol. The minimum atomic E-state index is 0.468. The van der Waals surface area contributed by atoms with Gasteiger partial charge in [-0.2, -0.15) is 4.98 Å². The van der Waals surface area contributed by atoms with E-state index in [1.54, 1.807) is 0 Å². The van der Waals surface area contributed by atoms with E-state index < -0.39 is 0 Å². The van der Waals surface area contributed by atoms with Crippen LogP contribution in [-0.4, -0.2) is 48.8 Å². The molecule has 1 saturated carbocycles. The van der Waals surface area contributed by atoms with E-state index in [1.165, 1.54) is 12.8 Å². The second-order valence-corrected chi connectivity index (χ2v) is 5.44. The molecule has 5 heteroatoms. The van der Waals surface area contributed by atoms with Crippen LogP contribution in [0.1, 0.15) is 43.3 Å². The van der Waals surface area contributed by atoms with Gasteiger partial charge in [-0.15, -0.1) is 0 Å². The van der Waals surface area contributed by atoms with Crippen LogP contribution in [0.3, 0.4) is 0 Å². The van der Waals surface area contributed by atoms with E-state index >= 15 is 0 Å². The molecule has 5 nitrogen and oxygen atoms in total. The van der Waals surface area contributed by atoms with Gasteiger partial charge in [0.05, 0.1) is 0 Å². The summed E-state index contributed by atoms with van der Waals surface area (Å²) in [5.41, 5.74) is 0. The Balaban J connectivity index is 1.86. The van der Waals surface area contributed by atoms with Crippen molar-refractivity contribution in [1.82, 2.24) is 20.4 Å². The van der Waals surface area contributed by atoms with E-state index in [1.807, 2.05) is 7.05 Å². The van der Waals surface area contributed by atoms with Crippen LogP contribution in [0.5, 0.6) is 0 Å². The van der Waals surface area contributed by atoms with Gasteiger partial charge in [0, 0.05) is 24.9 Å². The smallest absolute Gasteiger partial charge is 0.229 e. The van der Waals surface area contributed by atoms with E-state index in [0.717, 1.165) is 37.5 Å². The quantitative estimate of drug-likeness (QED) is 0.859. The molecule has 0 aliphatic heterocycles. The molecule has 0 unspecified atom stereocenters. The predicted molar refractivity (Wildman–Crippen MR) is 70.6 cm³/mol. The summed E-state index contributed by atoms with van der Waals surface area (Å²) in [4.78, 5) is 6.66. The van der Waals surface area contributed by atoms with E-state index in [-0.39, 0.29) is 0 Å². The molecule has 1 aliphatic carbocycles. The van der Waals surface area contributed by atoms with Crippen molar-refractivity contribution in [2.75, 3.05) is 27.7 Å². The molecule has 0 amide bonds. The van der Waals surface area contributed by atoms with Gasteiger partial charge in [-0.05, 0) is 46.8 Å². The van der Waals surface area contributed by atoms with Crippen LogP contribution in [-0.2, 0) is 6.42 Å². The van der Waals surface area contributed by atoms with Gasteiger partial charge in [0.15, 0.2) is 5.82 Å². The zero-order chi connectivity index (χ0) is 13.0. The van der Waals surface area contributed by atoms with E-state index in [2.05, 4.69) is 34.5 Å². The molecule has 1 aromatic rings. The molecule has 0 saturated heterocycles. The standard InChI is InChI=1S/C13H24N4O/c1-14-11-6-4-10(5-7-11)13-15-12(16-18-13)8-9-17(2)3/h10-11,14H,4-9H2,1-3H3. The SMILES string of the molecule is CNC1CCC(c2nc(CCN(C)C)no2)CC1. The van der Waals surface area contributed by atoms with Gasteiger partial charge in [0.1, 0.15) is 0 Å². The highest BCUT2D eigenvalue weighted by Gasteiger charge is 2.25. The molecular weight excluding hydrogens is 228 g/mol. The Morgan fingerprint density at radius 1 is 1.28 bits per heavy atom. The molecular formula is C13H24N4O. The Morgan fingerprint density at radius 2 is 2.00 bits per heavy atom. The van der Waals surface area contributed by atoms with Crippen molar-refractivity contribution < 1.29 is 4.52 Å². The lowest BCUT2D eigenvalue weighted by atomic mass is 9.86. The first-order chi connectivity index (χ1) is 8.69. The summed E-state index contributed by atoms with van der Waals surface area (Å²) in [6.07, 6.45) is 5.58. The summed E-state index contributed by atoms with van der Waals surface area (Å²) in [6.45, 7) is 0.964. The molecule has 18 heavy (non-hydrogen) atoms. The normalized spacial score (nSPS) is 24.7. The van der Waals surface area contributed by atoms with E-state index in [9.17, 15) is 0 Å². The van der Waals surface area contributed by atoms with Crippen LogP contribution >= 0.6 is 0 Å². The lowest BCUT2D eigenvalue weighted by molar-refractivity contribution is 0.287. The number of nitrogens with one attached hydrogen (secondary N) is 1. The first-order valence-corrected chi connectivity index (χ1v) is 6.83. The molecule has 2 rings (SSSR count). The maximum absolute atomic E-state index is 5.41. The second kappa shape index (κ2) is 6.29. The molecule has 102 valence electrons. The molecule has 1 heterocycles. The maximum Gasteiger partial charge on any atom is 0.229 e. The van der Waals surface area contributed by atoms with Crippen molar-refractivity contribution in [1.29, 1.82) is 0 Å². The summed E-state index contributed by atoms with van der Waals surface area (Å²) in [5, 5.41) is 7.42. The van der Waals surface area contributed by atoms with Crippen LogP contribution in [0.4, 0.5) is 0 Å². The fourth-order valence-electron chi connectivity index (χ4n) is 2.49. The fraction of sp³-hybridized carbons (Fsp3) is 0.846. The number of aromatic nitrogens is 2. The maximum atomic E-state index is 5.41. The van der Waals surface area contributed by atoms with Crippen LogP contribution in [0.25, 0.3) is 0 Å². The summed E-state index contributed by atoms with van der Waals surface area (Å²) >= 11 is 0. The fourth-order valence-corrected chi connectivity index (χ4v) is 2.49. The van der Waals surface area contributed by atoms with Gasteiger partial charge in [-0.25, -0.2) is 0 Å². The van der Waals surface area contributed by atoms with Crippen LogP contribution in [0.15, 0.2) is 4.52 Å². The van der Waals surface area contributed by atoms with Crippen molar-refractivity contribution in [3.05, 3.63) is 11.7 Å². The molecule has 1 aliphatic rings. The van der Waals surface area contributed by atoms with Crippen molar-refractivity contribution in [3.8, 4) is 0 Å².